The minimum Gasteiger partial charge on any atom is -0.291 e. The lowest BCUT2D eigenvalue weighted by atomic mass is 10.1. The lowest BCUT2D eigenvalue weighted by molar-refractivity contribution is 0.227. The van der Waals surface area contributed by atoms with Gasteiger partial charge in [0, 0.05) is 48.5 Å². The smallest absolute Gasteiger partial charge is 0.151 e. The van der Waals surface area contributed by atoms with Crippen molar-refractivity contribution in [3.8, 4) is 11.3 Å². The van der Waals surface area contributed by atoms with Gasteiger partial charge in [0.25, 0.3) is 0 Å². The Morgan fingerprint density at radius 2 is 2.28 bits per heavy atom. The van der Waals surface area contributed by atoms with Crippen molar-refractivity contribution in [1.29, 1.82) is 0 Å². The monoisotopic (exact) mass is 379 g/mol. The normalized spacial score (nSPS) is 19.4. The molecule has 134 valence electrons. The second-order valence-corrected chi connectivity index (χ2v) is 9.13. The predicted molar refractivity (Wildman–Crippen MR) is 101 cm³/mol. The number of benzene rings is 1. The van der Waals surface area contributed by atoms with Crippen LogP contribution in [0.25, 0.3) is 11.3 Å². The van der Waals surface area contributed by atoms with Crippen molar-refractivity contribution < 1.29 is 8.42 Å². The summed E-state index contributed by atoms with van der Waals surface area (Å²) in [7, 11) is -1.04. The maximum absolute atomic E-state index is 11.8. The van der Waals surface area contributed by atoms with Crippen molar-refractivity contribution in [2.45, 2.75) is 19.0 Å². The van der Waals surface area contributed by atoms with Crippen LogP contribution in [0.4, 0.5) is 0 Å². The van der Waals surface area contributed by atoms with Crippen LogP contribution in [0.1, 0.15) is 12.0 Å². The molecule has 5 nitrogen and oxygen atoms in total. The van der Waals surface area contributed by atoms with E-state index in [1.54, 1.807) is 4.68 Å². The first-order chi connectivity index (χ1) is 11.9. The van der Waals surface area contributed by atoms with E-state index in [1.165, 1.54) is 0 Å². The molecule has 1 aromatic carbocycles. The number of aryl methyl sites for hydroxylation is 1. The van der Waals surface area contributed by atoms with E-state index < -0.39 is 9.84 Å². The highest BCUT2D eigenvalue weighted by Gasteiger charge is 2.32. The number of rotatable bonds is 6. The summed E-state index contributed by atoms with van der Waals surface area (Å²) < 4.78 is 25.5. The Labute approximate surface area is 153 Å². The Morgan fingerprint density at radius 1 is 1.48 bits per heavy atom. The summed E-state index contributed by atoms with van der Waals surface area (Å²) in [6, 6.07) is 7.64. The largest absolute Gasteiger partial charge is 0.291 e. The van der Waals surface area contributed by atoms with Crippen molar-refractivity contribution in [3.63, 3.8) is 0 Å². The molecule has 1 unspecified atom stereocenters. The fourth-order valence-corrected chi connectivity index (χ4v) is 5.27. The van der Waals surface area contributed by atoms with E-state index in [1.807, 2.05) is 43.6 Å². The second kappa shape index (κ2) is 7.32. The molecule has 2 heterocycles. The highest BCUT2D eigenvalue weighted by Crippen LogP contribution is 2.27. The Bertz CT molecular complexity index is 876. The van der Waals surface area contributed by atoms with Crippen LogP contribution in [0.2, 0.25) is 5.02 Å². The molecule has 1 aliphatic rings. The van der Waals surface area contributed by atoms with Crippen LogP contribution in [-0.4, -0.2) is 47.2 Å². The molecule has 3 rings (SSSR count). The molecule has 1 fully saturated rings. The molecule has 0 aliphatic carbocycles. The maximum atomic E-state index is 11.8. The van der Waals surface area contributed by atoms with Crippen LogP contribution in [0.5, 0.6) is 0 Å². The van der Waals surface area contributed by atoms with Gasteiger partial charge in [0.1, 0.15) is 0 Å². The molecule has 25 heavy (non-hydrogen) atoms. The van der Waals surface area contributed by atoms with Gasteiger partial charge in [0.05, 0.1) is 17.2 Å². The number of hydrogen-bond acceptors (Lipinski definition) is 4. The number of aromatic nitrogens is 2. The predicted octanol–water partition coefficient (Wildman–Crippen LogP) is 2.92. The standard InChI is InChI=1S/C18H22ClN3O2S/c1-3-8-22(17-7-9-25(23,24)13-17)12-15-11-21(2)20-18(15)14-5-4-6-16(19)10-14/h3-6,10-11,17H,1,7-9,12-13H2,2H3. The van der Waals surface area contributed by atoms with Gasteiger partial charge in [-0.15, -0.1) is 6.58 Å². The molecule has 1 aliphatic heterocycles. The molecule has 0 spiro atoms. The van der Waals surface area contributed by atoms with Gasteiger partial charge in [-0.2, -0.15) is 5.10 Å². The summed E-state index contributed by atoms with van der Waals surface area (Å²) >= 11 is 6.12. The second-order valence-electron chi connectivity index (χ2n) is 6.46. The van der Waals surface area contributed by atoms with Crippen molar-refractivity contribution in [1.82, 2.24) is 14.7 Å². The topological polar surface area (TPSA) is 55.2 Å². The van der Waals surface area contributed by atoms with E-state index in [0.29, 0.717) is 24.5 Å². The molecular formula is C18H22ClN3O2S. The van der Waals surface area contributed by atoms with Gasteiger partial charge in [-0.3, -0.25) is 9.58 Å². The number of sulfone groups is 1. The molecule has 0 N–H and O–H groups in total. The zero-order valence-electron chi connectivity index (χ0n) is 14.2. The van der Waals surface area contributed by atoms with Crippen LogP contribution in [-0.2, 0) is 23.4 Å². The van der Waals surface area contributed by atoms with Gasteiger partial charge in [0.15, 0.2) is 9.84 Å². The van der Waals surface area contributed by atoms with E-state index >= 15 is 0 Å². The number of nitrogens with zero attached hydrogens (tertiary/aromatic N) is 3. The number of halogens is 1. The summed E-state index contributed by atoms with van der Waals surface area (Å²) in [6.45, 7) is 5.09. The van der Waals surface area contributed by atoms with E-state index in [0.717, 1.165) is 16.8 Å². The summed E-state index contributed by atoms with van der Waals surface area (Å²) in [6.07, 6.45) is 4.47. The van der Waals surface area contributed by atoms with Crippen molar-refractivity contribution in [2.24, 2.45) is 7.05 Å². The Morgan fingerprint density at radius 3 is 2.92 bits per heavy atom. The van der Waals surface area contributed by atoms with Crippen molar-refractivity contribution in [3.05, 3.63) is 53.7 Å². The lowest BCUT2D eigenvalue weighted by Gasteiger charge is -2.26. The average molecular weight is 380 g/mol. The Balaban J connectivity index is 1.89. The fourth-order valence-electron chi connectivity index (χ4n) is 3.32. The molecule has 1 aromatic heterocycles. The first kappa shape index (κ1) is 18.2. The van der Waals surface area contributed by atoms with Crippen LogP contribution in [0, 0.1) is 0 Å². The molecule has 1 saturated heterocycles. The van der Waals surface area contributed by atoms with Crippen LogP contribution in [0.3, 0.4) is 0 Å². The van der Waals surface area contributed by atoms with Gasteiger partial charge in [-0.05, 0) is 18.6 Å². The van der Waals surface area contributed by atoms with Crippen LogP contribution >= 0.6 is 11.6 Å². The SMILES string of the molecule is C=CCN(Cc1cn(C)nc1-c1cccc(Cl)c1)C1CCS(=O)(=O)C1. The molecule has 1 atom stereocenters. The maximum Gasteiger partial charge on any atom is 0.151 e. The van der Waals surface area contributed by atoms with Crippen molar-refractivity contribution in [2.75, 3.05) is 18.1 Å². The van der Waals surface area contributed by atoms with Gasteiger partial charge < -0.3 is 0 Å². The molecule has 0 bridgehead atoms. The average Bonchev–Trinajstić information content (AvgIpc) is 3.09. The molecular weight excluding hydrogens is 358 g/mol. The van der Waals surface area contributed by atoms with Gasteiger partial charge in [-0.1, -0.05) is 29.8 Å². The highest BCUT2D eigenvalue weighted by molar-refractivity contribution is 7.91. The lowest BCUT2D eigenvalue weighted by Crippen LogP contribution is -2.35. The van der Waals surface area contributed by atoms with E-state index in [9.17, 15) is 8.42 Å². The first-order valence-corrected chi connectivity index (χ1v) is 10.4. The third-order valence-electron chi connectivity index (χ3n) is 4.46. The molecule has 7 heteroatoms. The number of hydrogen-bond donors (Lipinski definition) is 0. The Hall–Kier alpha value is -1.63. The zero-order chi connectivity index (χ0) is 18.0. The highest BCUT2D eigenvalue weighted by atomic mass is 35.5. The van der Waals surface area contributed by atoms with Crippen molar-refractivity contribution >= 4 is 21.4 Å². The third-order valence-corrected chi connectivity index (χ3v) is 6.45. The first-order valence-electron chi connectivity index (χ1n) is 8.22. The van der Waals surface area contributed by atoms with Gasteiger partial charge in [-0.25, -0.2) is 8.42 Å². The van der Waals surface area contributed by atoms with Crippen LogP contribution < -0.4 is 0 Å². The fraction of sp³-hybridized carbons (Fsp3) is 0.389. The van der Waals surface area contributed by atoms with Gasteiger partial charge >= 0.3 is 0 Å². The molecule has 2 aromatic rings. The van der Waals surface area contributed by atoms with E-state index in [-0.39, 0.29) is 17.5 Å². The quantitative estimate of drug-likeness (QED) is 0.724. The molecule has 0 amide bonds. The summed E-state index contributed by atoms with van der Waals surface area (Å²) in [5.41, 5.74) is 2.89. The Kier molecular flexibility index (Phi) is 5.32. The minimum absolute atomic E-state index is 0.0235. The van der Waals surface area contributed by atoms with E-state index in [4.69, 9.17) is 11.6 Å². The zero-order valence-corrected chi connectivity index (χ0v) is 15.8. The summed E-state index contributed by atoms with van der Waals surface area (Å²) in [5.74, 6) is 0.479. The summed E-state index contributed by atoms with van der Waals surface area (Å²) in [5, 5.41) is 5.24. The van der Waals surface area contributed by atoms with Gasteiger partial charge in [0.2, 0.25) is 0 Å². The summed E-state index contributed by atoms with van der Waals surface area (Å²) in [4.78, 5) is 2.17. The molecule has 0 radical (unpaired) electrons. The van der Waals surface area contributed by atoms with E-state index in [2.05, 4.69) is 16.6 Å². The van der Waals surface area contributed by atoms with Crippen LogP contribution in [0.15, 0.2) is 43.1 Å². The third kappa shape index (κ3) is 4.32. The minimum atomic E-state index is -2.93. The molecule has 0 saturated carbocycles.